The number of halogens is 5. The molecule has 0 spiro atoms. The first-order chi connectivity index (χ1) is 12.8. The number of alkyl halides is 3. The van der Waals surface area contributed by atoms with Gasteiger partial charge < -0.3 is 5.73 Å². The minimum atomic E-state index is -5.16. The van der Waals surface area contributed by atoms with Crippen molar-refractivity contribution in [1.82, 2.24) is 0 Å². The summed E-state index contributed by atoms with van der Waals surface area (Å²) in [5.74, 6) is 0.0135. The molecule has 0 radical (unpaired) electrons. The Morgan fingerprint density at radius 1 is 1.29 bits per heavy atom. The van der Waals surface area contributed by atoms with Crippen LogP contribution in [0.2, 0.25) is 5.02 Å². The summed E-state index contributed by atoms with van der Waals surface area (Å²) >= 11 is 11.9. The number of nitro groups is 2. The molecular formula is C14H12Cl2F3N5O4. The van der Waals surface area contributed by atoms with E-state index < -0.39 is 49.8 Å². The van der Waals surface area contributed by atoms with E-state index in [1.54, 1.807) is 6.92 Å². The molecule has 2 rings (SSSR count). The summed E-state index contributed by atoms with van der Waals surface area (Å²) in [6, 6.07) is 0.134. The van der Waals surface area contributed by atoms with E-state index in [2.05, 4.69) is 4.99 Å². The molecule has 1 heterocycles. The Labute approximate surface area is 165 Å². The maximum atomic E-state index is 13.2. The lowest BCUT2D eigenvalue weighted by Crippen LogP contribution is -2.38. The molecular weight excluding hydrogens is 430 g/mol. The first-order valence-corrected chi connectivity index (χ1v) is 8.32. The molecule has 0 bridgehead atoms. The highest BCUT2D eigenvalue weighted by molar-refractivity contribution is 6.36. The average Bonchev–Trinajstić information content (AvgIpc) is 2.52. The number of rotatable bonds is 4. The predicted octanol–water partition coefficient (Wildman–Crippen LogP) is 4.56. The van der Waals surface area contributed by atoms with Crippen molar-refractivity contribution < 1.29 is 23.0 Å². The molecule has 1 aliphatic heterocycles. The molecule has 0 saturated carbocycles. The van der Waals surface area contributed by atoms with Crippen LogP contribution in [-0.2, 0) is 6.18 Å². The van der Waals surface area contributed by atoms with Gasteiger partial charge in [0.15, 0.2) is 0 Å². The van der Waals surface area contributed by atoms with Crippen LogP contribution in [0.5, 0.6) is 0 Å². The molecule has 0 aromatic heterocycles. The molecule has 0 aliphatic carbocycles. The Balaban J connectivity index is 2.98. The molecule has 0 amide bonds. The molecule has 1 aromatic rings. The third-order valence-electron chi connectivity index (χ3n) is 3.94. The van der Waals surface area contributed by atoms with Crippen molar-refractivity contribution >= 4 is 46.1 Å². The van der Waals surface area contributed by atoms with E-state index in [0.29, 0.717) is 0 Å². The van der Waals surface area contributed by atoms with Gasteiger partial charge in [0.05, 0.1) is 15.4 Å². The van der Waals surface area contributed by atoms with Crippen molar-refractivity contribution in [3.8, 4) is 0 Å². The molecule has 14 heteroatoms. The number of nitrogens with zero attached hydrogens (tertiary/aromatic N) is 4. The topological polar surface area (TPSA) is 128 Å². The maximum Gasteiger partial charge on any atom is 0.418 e. The number of benzene rings is 1. The lowest BCUT2D eigenvalue weighted by molar-refractivity contribution is -0.392. The van der Waals surface area contributed by atoms with Crippen LogP contribution < -0.4 is 10.6 Å². The number of nitro benzene ring substituents is 2. The molecule has 1 aliphatic rings. The van der Waals surface area contributed by atoms with Crippen molar-refractivity contribution in [2.75, 3.05) is 4.90 Å². The van der Waals surface area contributed by atoms with Crippen LogP contribution in [0.15, 0.2) is 21.8 Å². The van der Waals surface area contributed by atoms with Crippen LogP contribution >= 0.6 is 23.2 Å². The van der Waals surface area contributed by atoms with Crippen LogP contribution in [0.3, 0.4) is 0 Å². The first-order valence-electron chi connectivity index (χ1n) is 7.56. The van der Waals surface area contributed by atoms with Crippen molar-refractivity contribution in [3.63, 3.8) is 0 Å². The number of hydrogen-bond acceptors (Lipinski definition) is 7. The summed E-state index contributed by atoms with van der Waals surface area (Å²) < 4.78 is 39.6. The Morgan fingerprint density at radius 3 is 2.29 bits per heavy atom. The first kappa shape index (κ1) is 21.7. The molecule has 0 fully saturated rings. The van der Waals surface area contributed by atoms with Crippen molar-refractivity contribution in [2.45, 2.75) is 32.6 Å². The Bertz CT molecular complexity index is 933. The van der Waals surface area contributed by atoms with Crippen LogP contribution in [0.4, 0.5) is 30.2 Å². The standard InChI is InChI=1S/C14H12Cl2F3N5O4/c1-3-6-12(16)22(5(2)21-13(6)20)10-8(23(25)26)4-7(14(17,18)19)9(15)11(10)24(27)28/h4-5H,3H2,1-2H3,(H2,20,21). The summed E-state index contributed by atoms with van der Waals surface area (Å²) in [4.78, 5) is 25.5. The zero-order valence-corrected chi connectivity index (χ0v) is 15.8. The number of aliphatic imine (C=N–C) groups is 1. The number of hydrogen-bond donors (Lipinski definition) is 1. The Morgan fingerprint density at radius 2 is 1.86 bits per heavy atom. The fourth-order valence-electron chi connectivity index (χ4n) is 2.73. The largest absolute Gasteiger partial charge is 0.418 e. The van der Waals surface area contributed by atoms with Crippen LogP contribution in [0.25, 0.3) is 0 Å². The van der Waals surface area contributed by atoms with Gasteiger partial charge in [-0.1, -0.05) is 30.1 Å². The molecule has 1 atom stereocenters. The summed E-state index contributed by atoms with van der Waals surface area (Å²) in [5.41, 5.74) is 0.956. The normalized spacial score (nSPS) is 17.6. The molecule has 28 heavy (non-hydrogen) atoms. The lowest BCUT2D eigenvalue weighted by Gasteiger charge is -2.32. The predicted molar refractivity (Wildman–Crippen MR) is 96.5 cm³/mol. The quantitative estimate of drug-likeness (QED) is 0.414. The number of nitrogens with two attached hydrogens (primary N) is 1. The van der Waals surface area contributed by atoms with Gasteiger partial charge in [0.1, 0.15) is 22.2 Å². The van der Waals surface area contributed by atoms with E-state index >= 15 is 0 Å². The molecule has 1 aromatic carbocycles. The highest BCUT2D eigenvalue weighted by atomic mass is 35.5. The summed E-state index contributed by atoms with van der Waals surface area (Å²) in [7, 11) is 0. The second-order valence-corrected chi connectivity index (χ2v) is 6.34. The van der Waals surface area contributed by atoms with Crippen LogP contribution in [0, 0.1) is 20.2 Å². The number of amidine groups is 1. The van der Waals surface area contributed by atoms with E-state index in [1.165, 1.54) is 6.92 Å². The zero-order chi connectivity index (χ0) is 21.5. The van der Waals surface area contributed by atoms with Gasteiger partial charge in [0, 0.05) is 11.6 Å². The smallest absolute Gasteiger partial charge is 0.384 e. The van der Waals surface area contributed by atoms with E-state index in [1.807, 2.05) is 0 Å². The van der Waals surface area contributed by atoms with Crippen LogP contribution in [-0.4, -0.2) is 21.8 Å². The van der Waals surface area contributed by atoms with E-state index in [9.17, 15) is 33.4 Å². The van der Waals surface area contributed by atoms with Gasteiger partial charge in [-0.2, -0.15) is 13.2 Å². The lowest BCUT2D eigenvalue weighted by atomic mass is 10.1. The fraction of sp³-hybridized carbons (Fsp3) is 0.357. The van der Waals surface area contributed by atoms with Crippen molar-refractivity contribution in [1.29, 1.82) is 0 Å². The molecule has 1 unspecified atom stereocenters. The van der Waals surface area contributed by atoms with Gasteiger partial charge in [0.25, 0.3) is 0 Å². The maximum absolute atomic E-state index is 13.2. The second-order valence-electron chi connectivity index (χ2n) is 5.61. The average molecular weight is 442 g/mol. The van der Waals surface area contributed by atoms with Crippen molar-refractivity contribution in [2.24, 2.45) is 10.7 Å². The summed E-state index contributed by atoms with van der Waals surface area (Å²) in [5, 5.41) is 21.5. The third-order valence-corrected chi connectivity index (χ3v) is 4.73. The van der Waals surface area contributed by atoms with Gasteiger partial charge in [-0.3, -0.25) is 25.1 Å². The molecule has 9 nitrogen and oxygen atoms in total. The van der Waals surface area contributed by atoms with Gasteiger partial charge in [0.2, 0.25) is 5.69 Å². The fourth-order valence-corrected chi connectivity index (χ4v) is 3.51. The molecule has 2 N–H and O–H groups in total. The van der Waals surface area contributed by atoms with E-state index in [0.717, 1.165) is 4.90 Å². The Kier molecular flexibility index (Phi) is 5.76. The van der Waals surface area contributed by atoms with Gasteiger partial charge in [-0.25, -0.2) is 4.99 Å². The monoisotopic (exact) mass is 441 g/mol. The van der Waals surface area contributed by atoms with Gasteiger partial charge in [-0.05, 0) is 13.3 Å². The minimum absolute atomic E-state index is 0.0135. The SMILES string of the molecule is CCC1=C(Cl)N(c2c([N+](=O)[O-])cc(C(F)(F)F)c(Cl)c2[N+](=O)[O-])C(C)N=C1N. The molecule has 152 valence electrons. The van der Waals surface area contributed by atoms with Gasteiger partial charge >= 0.3 is 17.6 Å². The zero-order valence-electron chi connectivity index (χ0n) is 14.3. The van der Waals surface area contributed by atoms with Crippen LogP contribution in [0.1, 0.15) is 25.8 Å². The van der Waals surface area contributed by atoms with E-state index in [4.69, 9.17) is 28.9 Å². The highest BCUT2D eigenvalue weighted by Crippen LogP contribution is 2.51. The van der Waals surface area contributed by atoms with Gasteiger partial charge in [-0.15, -0.1) is 0 Å². The molecule has 0 saturated heterocycles. The second kappa shape index (κ2) is 7.43. The highest BCUT2D eigenvalue weighted by Gasteiger charge is 2.45. The summed E-state index contributed by atoms with van der Waals surface area (Å²) in [6.45, 7) is 3.00. The Hall–Kier alpha value is -2.60. The third kappa shape index (κ3) is 3.56. The minimum Gasteiger partial charge on any atom is -0.384 e. The van der Waals surface area contributed by atoms with E-state index in [-0.39, 0.29) is 29.1 Å². The summed E-state index contributed by atoms with van der Waals surface area (Å²) in [6.07, 6.45) is -6.02. The van der Waals surface area contributed by atoms with Crippen molar-refractivity contribution in [3.05, 3.63) is 47.6 Å². The number of anilines is 1.